The molecular weight excluding hydrogens is 336 g/mol. The van der Waals surface area contributed by atoms with Crippen molar-refractivity contribution in [3.8, 4) is 0 Å². The predicted octanol–water partition coefficient (Wildman–Crippen LogP) is 2.40. The average molecular weight is 363 g/mol. The molecule has 1 aromatic rings. The lowest BCUT2D eigenvalue weighted by Crippen LogP contribution is -2.45. The van der Waals surface area contributed by atoms with Crippen molar-refractivity contribution in [2.45, 2.75) is 57.8 Å². The molecular formula is C19H27N2O5. The molecule has 0 heterocycles. The molecule has 1 aromatic carbocycles. The quantitative estimate of drug-likeness (QED) is 0.618. The van der Waals surface area contributed by atoms with Gasteiger partial charge in [-0.1, -0.05) is 30.3 Å². The van der Waals surface area contributed by atoms with Gasteiger partial charge in [0.15, 0.2) is 11.9 Å². The van der Waals surface area contributed by atoms with Crippen LogP contribution in [0.25, 0.3) is 0 Å². The first-order chi connectivity index (χ1) is 12.3. The van der Waals surface area contributed by atoms with Crippen LogP contribution in [0.15, 0.2) is 30.3 Å². The van der Waals surface area contributed by atoms with E-state index in [1.165, 1.54) is 6.47 Å². The zero-order valence-electron chi connectivity index (χ0n) is 15.5. The molecule has 1 amide bonds. The number of carbonyl (C=O) groups is 2. The first-order valence-electron chi connectivity index (χ1n) is 8.59. The molecule has 3 N–H and O–H groups in total. The van der Waals surface area contributed by atoms with Gasteiger partial charge < -0.3 is 20.5 Å². The third kappa shape index (κ3) is 7.65. The van der Waals surface area contributed by atoms with Crippen molar-refractivity contribution < 1.29 is 23.9 Å². The second-order valence-electron chi connectivity index (χ2n) is 6.88. The van der Waals surface area contributed by atoms with Crippen LogP contribution in [0, 0.1) is 0 Å². The number of nitrogens with one attached hydrogen (secondary N) is 1. The number of unbranched alkanes of at least 4 members (excludes halogenated alkanes) is 1. The Balaban J connectivity index is 2.95. The lowest BCUT2D eigenvalue weighted by atomic mass is 9.96. The van der Waals surface area contributed by atoms with Gasteiger partial charge in [0.2, 0.25) is 0 Å². The highest BCUT2D eigenvalue weighted by atomic mass is 16.6. The van der Waals surface area contributed by atoms with Gasteiger partial charge in [-0.05, 0) is 46.6 Å². The van der Waals surface area contributed by atoms with Crippen molar-refractivity contribution in [2.75, 3.05) is 6.54 Å². The molecule has 0 aliphatic carbocycles. The summed E-state index contributed by atoms with van der Waals surface area (Å²) in [6, 6.07) is 7.72. The Morgan fingerprint density at radius 1 is 1.19 bits per heavy atom. The molecule has 0 saturated carbocycles. The molecule has 0 spiro atoms. The number of hydrogen-bond acceptors (Lipinski definition) is 6. The van der Waals surface area contributed by atoms with Crippen molar-refractivity contribution >= 4 is 18.3 Å². The number of carbonyl (C=O) groups excluding carboxylic acids is 3. The molecule has 1 unspecified atom stereocenters. The van der Waals surface area contributed by atoms with Crippen molar-refractivity contribution in [1.29, 1.82) is 0 Å². The molecule has 0 aliphatic heterocycles. The van der Waals surface area contributed by atoms with Gasteiger partial charge >= 0.3 is 12.6 Å². The number of alkyl carbamates (subject to hydrolysis) is 1. The maximum atomic E-state index is 12.9. The fraction of sp³-hybridized carbons (Fsp3) is 0.526. The highest BCUT2D eigenvalue weighted by molar-refractivity contribution is 5.92. The molecule has 1 radical (unpaired) electrons. The van der Waals surface area contributed by atoms with E-state index in [0.29, 0.717) is 31.4 Å². The monoisotopic (exact) mass is 363 g/mol. The van der Waals surface area contributed by atoms with Crippen LogP contribution in [0.1, 0.15) is 51.7 Å². The smallest absolute Gasteiger partial charge is 0.418 e. The molecule has 7 heteroatoms. The van der Waals surface area contributed by atoms with Gasteiger partial charge in [0.1, 0.15) is 5.60 Å². The minimum Gasteiger partial charge on any atom is -0.444 e. The highest BCUT2D eigenvalue weighted by Crippen LogP contribution is 2.21. The van der Waals surface area contributed by atoms with E-state index in [1.54, 1.807) is 51.1 Å². The number of hydrogen-bond donors (Lipinski definition) is 2. The lowest BCUT2D eigenvalue weighted by molar-refractivity contribution is -0.129. The molecule has 7 nitrogen and oxygen atoms in total. The molecule has 26 heavy (non-hydrogen) atoms. The van der Waals surface area contributed by atoms with Crippen LogP contribution >= 0.6 is 0 Å². The fourth-order valence-electron chi connectivity index (χ4n) is 2.38. The van der Waals surface area contributed by atoms with E-state index in [-0.39, 0.29) is 0 Å². The summed E-state index contributed by atoms with van der Waals surface area (Å²) < 4.78 is 10.1. The second-order valence-corrected chi connectivity index (χ2v) is 6.88. The zero-order chi connectivity index (χ0) is 19.6. The van der Waals surface area contributed by atoms with E-state index < -0.39 is 29.6 Å². The Hall–Kier alpha value is -2.41. The highest BCUT2D eigenvalue weighted by Gasteiger charge is 2.32. The van der Waals surface area contributed by atoms with E-state index in [2.05, 4.69) is 5.32 Å². The number of rotatable bonds is 10. The Morgan fingerprint density at radius 2 is 1.85 bits per heavy atom. The Kier molecular flexibility index (Phi) is 8.78. The van der Waals surface area contributed by atoms with Crippen molar-refractivity contribution in [3.63, 3.8) is 0 Å². The van der Waals surface area contributed by atoms with Crippen LogP contribution in [0.5, 0.6) is 0 Å². The van der Waals surface area contributed by atoms with E-state index in [1.807, 2.05) is 0 Å². The minimum atomic E-state index is -1.15. The topological polar surface area (TPSA) is 108 Å². The first-order valence-corrected chi connectivity index (χ1v) is 8.59. The van der Waals surface area contributed by atoms with Crippen LogP contribution in [0.2, 0.25) is 0 Å². The number of nitrogens with two attached hydrogens (primary N) is 1. The summed E-state index contributed by atoms with van der Waals surface area (Å²) in [5.41, 5.74) is 5.32. The number of amides is 1. The van der Waals surface area contributed by atoms with E-state index in [9.17, 15) is 14.4 Å². The second kappa shape index (κ2) is 10.6. The van der Waals surface area contributed by atoms with Crippen LogP contribution in [-0.2, 0) is 19.1 Å². The van der Waals surface area contributed by atoms with Gasteiger partial charge in [-0.25, -0.2) is 9.59 Å². The molecule has 0 bridgehead atoms. The molecule has 0 fully saturated rings. The molecule has 143 valence electrons. The molecule has 2 atom stereocenters. The molecule has 0 aliphatic rings. The normalized spacial score (nSPS) is 13.4. The van der Waals surface area contributed by atoms with Gasteiger partial charge in [0.05, 0.1) is 6.04 Å². The summed E-state index contributed by atoms with van der Waals surface area (Å²) in [5, 5.41) is 2.58. The van der Waals surface area contributed by atoms with Crippen LogP contribution in [0.4, 0.5) is 4.79 Å². The summed E-state index contributed by atoms with van der Waals surface area (Å²) in [6.07, 6.45) is -0.149. The summed E-state index contributed by atoms with van der Waals surface area (Å²) in [5.74, 6) is -0.442. The zero-order valence-corrected chi connectivity index (χ0v) is 15.5. The van der Waals surface area contributed by atoms with Gasteiger partial charge in [-0.3, -0.25) is 4.79 Å². The maximum Gasteiger partial charge on any atom is 0.418 e. The van der Waals surface area contributed by atoms with Crippen molar-refractivity contribution in [3.05, 3.63) is 35.9 Å². The van der Waals surface area contributed by atoms with Gasteiger partial charge in [0.25, 0.3) is 0 Å². The minimum absolute atomic E-state index is 0.362. The Bertz CT molecular complexity index is 583. The fourth-order valence-corrected chi connectivity index (χ4v) is 2.38. The number of ether oxygens (including phenoxy) is 2. The van der Waals surface area contributed by atoms with E-state index in [4.69, 9.17) is 15.2 Å². The molecule has 0 saturated heterocycles. The predicted molar refractivity (Wildman–Crippen MR) is 97.0 cm³/mol. The summed E-state index contributed by atoms with van der Waals surface area (Å²) in [6.45, 7) is 7.00. The lowest BCUT2D eigenvalue weighted by Gasteiger charge is -2.25. The summed E-state index contributed by atoms with van der Waals surface area (Å²) in [4.78, 5) is 35.8. The van der Waals surface area contributed by atoms with Crippen LogP contribution in [-0.4, -0.2) is 36.5 Å². The SMILES string of the molecule is CC(C)(C)OC(=O)N[C@@H](CCCCN)C(=O)C(O[C]=O)c1ccccc1. The van der Waals surface area contributed by atoms with Gasteiger partial charge in [-0.15, -0.1) is 0 Å². The van der Waals surface area contributed by atoms with E-state index in [0.717, 1.165) is 0 Å². The summed E-state index contributed by atoms with van der Waals surface area (Å²) in [7, 11) is 0. The molecule has 0 aromatic heterocycles. The van der Waals surface area contributed by atoms with E-state index >= 15 is 0 Å². The number of benzene rings is 1. The number of Topliss-reactive ketones (excluding diaryl/α,β-unsaturated/α-hetero) is 1. The van der Waals surface area contributed by atoms with Crippen LogP contribution < -0.4 is 11.1 Å². The Morgan fingerprint density at radius 3 is 2.38 bits per heavy atom. The molecule has 1 rings (SSSR count). The van der Waals surface area contributed by atoms with Crippen LogP contribution in [0.3, 0.4) is 0 Å². The largest absolute Gasteiger partial charge is 0.444 e. The number of ketones is 1. The van der Waals surface area contributed by atoms with Crippen molar-refractivity contribution in [1.82, 2.24) is 5.32 Å². The first kappa shape index (κ1) is 21.6. The average Bonchev–Trinajstić information content (AvgIpc) is 2.57. The van der Waals surface area contributed by atoms with Gasteiger partial charge in [0, 0.05) is 5.56 Å². The Labute approximate surface area is 154 Å². The van der Waals surface area contributed by atoms with Crippen molar-refractivity contribution in [2.24, 2.45) is 5.73 Å². The third-order valence-electron chi connectivity index (χ3n) is 3.51. The standard InChI is InChI=1S/C19H27N2O5/c1-19(2,3)26-18(24)21-15(11-7-8-12-20)16(23)17(25-13-22)14-9-5-4-6-10-14/h4-6,9-10,15,17H,7-8,11-12,20H2,1-3H3,(H,21,24)/t15-,17?/m0/s1. The third-order valence-corrected chi connectivity index (χ3v) is 3.51. The van der Waals surface area contributed by atoms with Gasteiger partial charge in [-0.2, -0.15) is 0 Å². The maximum absolute atomic E-state index is 12.9. The summed E-state index contributed by atoms with van der Waals surface area (Å²) >= 11 is 0.